The molecule has 0 radical (unpaired) electrons. The first-order valence-corrected chi connectivity index (χ1v) is 11.3. The minimum Gasteiger partial charge on any atom is -0.373 e. The van der Waals surface area contributed by atoms with Crippen LogP contribution in [0, 0.1) is 5.82 Å². The van der Waals surface area contributed by atoms with Crippen LogP contribution in [0.1, 0.15) is 30.9 Å². The second-order valence-electron chi connectivity index (χ2n) is 6.96. The zero-order chi connectivity index (χ0) is 24.6. The van der Waals surface area contributed by atoms with Crippen molar-refractivity contribution in [2.75, 3.05) is 23.4 Å². The van der Waals surface area contributed by atoms with Crippen molar-refractivity contribution in [2.24, 2.45) is 5.14 Å². The average Bonchev–Trinajstić information content (AvgIpc) is 2.74. The number of carbonyl (C=O) groups excluding carboxylic acids is 1. The van der Waals surface area contributed by atoms with Crippen LogP contribution in [0.5, 0.6) is 0 Å². The maximum Gasteiger partial charge on any atom is 0.406 e. The van der Waals surface area contributed by atoms with Gasteiger partial charge in [0.2, 0.25) is 0 Å². The molecular weight excluding hydrogens is 490 g/mol. The number of nitrogens with zero attached hydrogens (tertiary/aromatic N) is 1. The number of hydrogen-bond donors (Lipinski definition) is 3. The van der Waals surface area contributed by atoms with Gasteiger partial charge in [-0.1, -0.05) is 29.8 Å². The van der Waals surface area contributed by atoms with E-state index < -0.39 is 35.5 Å². The van der Waals surface area contributed by atoms with E-state index >= 15 is 0 Å². The number of thiol groups is 1. The molecule has 1 aliphatic heterocycles. The molecule has 7 nitrogen and oxygen atoms in total. The monoisotopic (exact) mass is 511 g/mol. The van der Waals surface area contributed by atoms with Gasteiger partial charge in [-0.3, -0.25) is 4.90 Å². The number of ether oxygens (including phenoxy) is 1. The number of rotatable bonds is 4. The van der Waals surface area contributed by atoms with Gasteiger partial charge in [0.25, 0.3) is 0 Å². The highest BCUT2D eigenvalue weighted by Crippen LogP contribution is 2.36. The van der Waals surface area contributed by atoms with E-state index in [1.165, 1.54) is 12.1 Å². The SMILES string of the molecule is N[SH](=O)=O.O=C(Nc1ccc(F)c(Cl)c1)N(CC(F)(F)F)c1ccccc1C1CCCCO1. The average molecular weight is 512 g/mol. The summed E-state index contributed by atoms with van der Waals surface area (Å²) < 4.78 is 76.4. The normalized spacial score (nSPS) is 16.0. The lowest BCUT2D eigenvalue weighted by Crippen LogP contribution is -2.42. The minimum absolute atomic E-state index is 0.0833. The lowest BCUT2D eigenvalue weighted by Gasteiger charge is -2.30. The smallest absolute Gasteiger partial charge is 0.373 e. The number of urea groups is 1. The van der Waals surface area contributed by atoms with E-state index in [2.05, 4.69) is 10.5 Å². The summed E-state index contributed by atoms with van der Waals surface area (Å²) in [7, 11) is -2.62. The Morgan fingerprint density at radius 1 is 1.21 bits per heavy atom. The van der Waals surface area contributed by atoms with Crippen LogP contribution in [0.25, 0.3) is 0 Å². The van der Waals surface area contributed by atoms with Crippen molar-refractivity contribution in [1.29, 1.82) is 0 Å². The number of hydrogen-bond acceptors (Lipinski definition) is 4. The molecule has 1 unspecified atom stereocenters. The Morgan fingerprint density at radius 2 is 1.88 bits per heavy atom. The first-order chi connectivity index (χ1) is 15.5. The van der Waals surface area contributed by atoms with Crippen LogP contribution >= 0.6 is 11.6 Å². The Morgan fingerprint density at radius 3 is 2.45 bits per heavy atom. The second-order valence-corrected chi connectivity index (χ2v) is 7.94. The third-order valence-electron chi connectivity index (χ3n) is 4.51. The summed E-state index contributed by atoms with van der Waals surface area (Å²) in [6.07, 6.45) is -2.58. The molecule has 1 fully saturated rings. The minimum atomic E-state index is -4.63. The van der Waals surface area contributed by atoms with E-state index in [9.17, 15) is 22.4 Å². The standard InChI is InChI=1S/C20H19ClF4N2O2.H3NO2S/c21-15-11-13(8-9-16(15)22)26-19(28)27(12-20(23,24)25)17-6-2-1-5-14(17)18-7-3-4-10-29-18;1-4(2)3/h1-2,5-6,8-9,11,18H,3-4,7,10,12H2,(H,26,28);4H,(H2,1,2,3). The van der Waals surface area contributed by atoms with Crippen molar-refractivity contribution >= 4 is 39.9 Å². The van der Waals surface area contributed by atoms with E-state index in [4.69, 9.17) is 24.8 Å². The molecule has 3 rings (SSSR count). The molecule has 0 spiro atoms. The van der Waals surface area contributed by atoms with E-state index in [0.29, 0.717) is 23.5 Å². The van der Waals surface area contributed by atoms with Crippen LogP contribution in [0.4, 0.5) is 33.7 Å². The van der Waals surface area contributed by atoms with Crippen molar-refractivity contribution < 1.29 is 35.5 Å². The molecule has 1 saturated heterocycles. The van der Waals surface area contributed by atoms with E-state index in [0.717, 1.165) is 25.0 Å². The van der Waals surface area contributed by atoms with Crippen LogP contribution in [0.2, 0.25) is 5.02 Å². The summed E-state index contributed by atoms with van der Waals surface area (Å²) in [5.74, 6) is -0.698. The largest absolute Gasteiger partial charge is 0.406 e. The number of nitrogens with one attached hydrogen (secondary N) is 1. The summed E-state index contributed by atoms with van der Waals surface area (Å²) in [4.78, 5) is 13.4. The first-order valence-electron chi connectivity index (χ1n) is 9.68. The first kappa shape index (κ1) is 26.8. The van der Waals surface area contributed by atoms with Crippen molar-refractivity contribution in [3.63, 3.8) is 0 Å². The van der Waals surface area contributed by atoms with Gasteiger partial charge in [0.15, 0.2) is 10.9 Å². The maximum atomic E-state index is 13.3. The highest BCUT2D eigenvalue weighted by atomic mass is 35.5. The van der Waals surface area contributed by atoms with Crippen LogP contribution in [0.15, 0.2) is 42.5 Å². The number of halogens is 5. The third-order valence-corrected chi connectivity index (χ3v) is 4.80. The van der Waals surface area contributed by atoms with E-state index in [1.807, 2.05) is 0 Å². The van der Waals surface area contributed by atoms with Crippen molar-refractivity contribution in [1.82, 2.24) is 0 Å². The zero-order valence-electron chi connectivity index (χ0n) is 17.1. The number of anilines is 2. The molecule has 1 aliphatic rings. The van der Waals surface area contributed by atoms with E-state index in [-0.39, 0.29) is 22.5 Å². The third kappa shape index (κ3) is 8.80. The van der Waals surface area contributed by atoms with Gasteiger partial charge in [-0.15, -0.1) is 0 Å². The maximum absolute atomic E-state index is 13.3. The summed E-state index contributed by atoms with van der Waals surface area (Å²) in [6, 6.07) is 8.75. The molecule has 0 bridgehead atoms. The summed E-state index contributed by atoms with van der Waals surface area (Å²) in [5.41, 5.74) is 0.714. The molecule has 2 amide bonds. The highest BCUT2D eigenvalue weighted by Gasteiger charge is 2.35. The number of alkyl halides is 3. The molecule has 33 heavy (non-hydrogen) atoms. The molecule has 2 aromatic carbocycles. The van der Waals surface area contributed by atoms with Gasteiger partial charge >= 0.3 is 12.2 Å². The molecule has 0 saturated carbocycles. The Labute approximate surface area is 194 Å². The molecule has 0 aliphatic carbocycles. The molecule has 1 atom stereocenters. The topological polar surface area (TPSA) is 102 Å². The molecule has 0 aromatic heterocycles. The molecule has 2 aromatic rings. The number of carbonyl (C=O) groups is 1. The number of nitrogens with two attached hydrogens (primary N) is 1. The summed E-state index contributed by atoms with van der Waals surface area (Å²) >= 11 is 5.69. The van der Waals surface area contributed by atoms with Gasteiger partial charge in [0.05, 0.1) is 16.8 Å². The molecule has 182 valence electrons. The van der Waals surface area contributed by atoms with Crippen LogP contribution < -0.4 is 15.4 Å². The Bertz CT molecular complexity index is 1020. The number of amides is 2. The van der Waals surface area contributed by atoms with Gasteiger partial charge in [-0.25, -0.2) is 22.7 Å². The molecular formula is C20H22ClF4N3O4S. The fourth-order valence-corrected chi connectivity index (χ4v) is 3.38. The fraction of sp³-hybridized carbons (Fsp3) is 0.350. The van der Waals surface area contributed by atoms with Gasteiger partial charge in [-0.05, 0) is 43.5 Å². The highest BCUT2D eigenvalue weighted by molar-refractivity contribution is 7.69. The molecule has 3 N–H and O–H groups in total. The lowest BCUT2D eigenvalue weighted by atomic mass is 9.99. The van der Waals surface area contributed by atoms with Crippen LogP contribution in [-0.4, -0.2) is 33.8 Å². The predicted molar refractivity (Wildman–Crippen MR) is 117 cm³/mol. The van der Waals surface area contributed by atoms with Crippen molar-refractivity contribution in [3.8, 4) is 0 Å². The van der Waals surface area contributed by atoms with Gasteiger partial charge in [0.1, 0.15) is 12.4 Å². The Hall–Kier alpha value is -2.41. The summed E-state index contributed by atoms with van der Waals surface area (Å²) in [6.45, 7) is -0.976. The zero-order valence-corrected chi connectivity index (χ0v) is 18.8. The van der Waals surface area contributed by atoms with Gasteiger partial charge in [0, 0.05) is 17.9 Å². The number of benzene rings is 2. The van der Waals surface area contributed by atoms with Crippen molar-refractivity contribution in [3.05, 3.63) is 58.9 Å². The fourth-order valence-electron chi connectivity index (χ4n) is 3.20. The molecule has 1 heterocycles. The quantitative estimate of drug-likeness (QED) is 0.405. The van der Waals surface area contributed by atoms with Gasteiger partial charge in [-0.2, -0.15) is 13.2 Å². The van der Waals surface area contributed by atoms with Gasteiger partial charge < -0.3 is 10.1 Å². The second kappa shape index (κ2) is 12.2. The Kier molecular flexibility index (Phi) is 9.89. The Balaban J connectivity index is 0.000000890. The predicted octanol–water partition coefficient (Wildman–Crippen LogP) is 4.79. The van der Waals surface area contributed by atoms with Crippen LogP contribution in [-0.2, 0) is 15.6 Å². The number of para-hydroxylation sites is 1. The lowest BCUT2D eigenvalue weighted by molar-refractivity contribution is -0.118. The van der Waals surface area contributed by atoms with Crippen LogP contribution in [0.3, 0.4) is 0 Å². The van der Waals surface area contributed by atoms with Crippen molar-refractivity contribution in [2.45, 2.75) is 31.5 Å². The molecule has 13 heteroatoms. The summed E-state index contributed by atoms with van der Waals surface area (Å²) in [5, 5.41) is 6.17. The van der Waals surface area contributed by atoms with E-state index in [1.54, 1.807) is 18.2 Å².